The Kier molecular flexibility index (Phi) is 11.9. The number of aliphatic hydroxyl groups is 2. The topological polar surface area (TPSA) is 121 Å². The highest BCUT2D eigenvalue weighted by atomic mass is 32.2. The van der Waals surface area contributed by atoms with Gasteiger partial charge in [0.05, 0.1) is 29.3 Å². The predicted molar refractivity (Wildman–Crippen MR) is 114 cm³/mol. The van der Waals surface area contributed by atoms with E-state index < -0.39 is 22.3 Å². The highest BCUT2D eigenvalue weighted by molar-refractivity contribution is 7.85. The van der Waals surface area contributed by atoms with Crippen LogP contribution in [0.15, 0.2) is 65.6 Å². The highest BCUT2D eigenvalue weighted by Gasteiger charge is 2.12. The number of esters is 1. The van der Waals surface area contributed by atoms with Crippen molar-refractivity contribution >= 4 is 16.1 Å². The minimum Gasteiger partial charge on any atom is -0.462 e. The van der Waals surface area contributed by atoms with Crippen LogP contribution in [0.3, 0.4) is 0 Å². The molecule has 7 nitrogen and oxygen atoms in total. The Balaban J connectivity index is 0.000000375. The SMILES string of the molecule is CCCC(O)CC(O)CCCOC(=O)c1ccccc1.O=S(=O)(O)c1ccccc1. The van der Waals surface area contributed by atoms with Gasteiger partial charge in [0.15, 0.2) is 0 Å². The van der Waals surface area contributed by atoms with Crippen molar-refractivity contribution in [2.45, 2.75) is 56.1 Å². The summed E-state index contributed by atoms with van der Waals surface area (Å²) in [6.45, 7) is 2.29. The van der Waals surface area contributed by atoms with E-state index in [1.54, 1.807) is 42.5 Å². The molecule has 3 N–H and O–H groups in total. The Labute approximate surface area is 178 Å². The first-order valence-corrected chi connectivity index (χ1v) is 11.3. The van der Waals surface area contributed by atoms with Crippen molar-refractivity contribution in [3.63, 3.8) is 0 Å². The molecule has 30 heavy (non-hydrogen) atoms. The fraction of sp³-hybridized carbons (Fsp3) is 0.409. The standard InChI is InChI=1S/C16H24O4.C6H6O3S/c1-2-7-14(17)12-15(18)10-6-11-20-16(19)13-8-4-3-5-9-13;7-10(8,9)6-4-2-1-3-5-6/h3-5,8-9,14-15,17-18H,2,6-7,10-12H2,1H3;1-5H,(H,7,8,9). The van der Waals surface area contributed by atoms with Crippen LogP contribution in [0.2, 0.25) is 0 Å². The van der Waals surface area contributed by atoms with Gasteiger partial charge in [-0.3, -0.25) is 4.55 Å². The van der Waals surface area contributed by atoms with Crippen LogP contribution < -0.4 is 0 Å². The summed E-state index contributed by atoms with van der Waals surface area (Å²) in [4.78, 5) is 11.6. The predicted octanol–water partition coefficient (Wildman–Crippen LogP) is 3.47. The quantitative estimate of drug-likeness (QED) is 0.295. The summed E-state index contributed by atoms with van der Waals surface area (Å²) in [6.07, 6.45) is 2.15. The number of benzene rings is 2. The monoisotopic (exact) mass is 438 g/mol. The molecule has 0 aromatic heterocycles. The van der Waals surface area contributed by atoms with E-state index in [-0.39, 0.29) is 17.5 Å². The van der Waals surface area contributed by atoms with Gasteiger partial charge < -0.3 is 14.9 Å². The number of hydrogen-bond donors (Lipinski definition) is 3. The van der Waals surface area contributed by atoms with E-state index >= 15 is 0 Å². The van der Waals surface area contributed by atoms with E-state index in [1.807, 2.05) is 13.0 Å². The summed E-state index contributed by atoms with van der Waals surface area (Å²) in [5.41, 5.74) is 0.534. The van der Waals surface area contributed by atoms with E-state index in [4.69, 9.17) is 9.29 Å². The Morgan fingerprint density at radius 2 is 1.47 bits per heavy atom. The smallest absolute Gasteiger partial charge is 0.338 e. The first-order valence-electron chi connectivity index (χ1n) is 9.84. The zero-order valence-corrected chi connectivity index (χ0v) is 17.9. The maximum Gasteiger partial charge on any atom is 0.338 e. The van der Waals surface area contributed by atoms with Crippen molar-refractivity contribution in [2.24, 2.45) is 0 Å². The molecule has 8 heteroatoms. The van der Waals surface area contributed by atoms with Crippen molar-refractivity contribution in [3.8, 4) is 0 Å². The van der Waals surface area contributed by atoms with Gasteiger partial charge in [0.25, 0.3) is 10.1 Å². The summed E-state index contributed by atoms with van der Waals surface area (Å²) >= 11 is 0. The average molecular weight is 439 g/mol. The van der Waals surface area contributed by atoms with Crippen molar-refractivity contribution in [1.82, 2.24) is 0 Å². The van der Waals surface area contributed by atoms with Crippen molar-refractivity contribution < 1.29 is 32.7 Å². The van der Waals surface area contributed by atoms with Gasteiger partial charge in [-0.25, -0.2) is 4.79 Å². The second kappa shape index (κ2) is 13.9. The van der Waals surface area contributed by atoms with Crippen LogP contribution in [0.5, 0.6) is 0 Å². The molecule has 0 heterocycles. The zero-order chi connectivity index (χ0) is 22.4. The molecule has 0 bridgehead atoms. The Bertz CT molecular complexity index is 823. The number of hydrogen-bond acceptors (Lipinski definition) is 6. The van der Waals surface area contributed by atoms with Gasteiger partial charge in [-0.2, -0.15) is 8.42 Å². The second-order valence-corrected chi connectivity index (χ2v) is 8.19. The molecule has 0 aliphatic carbocycles. The van der Waals surface area contributed by atoms with Crippen LogP contribution >= 0.6 is 0 Å². The molecule has 2 unspecified atom stereocenters. The molecule has 0 saturated heterocycles. The fourth-order valence-corrected chi connectivity index (χ4v) is 3.12. The minimum absolute atomic E-state index is 0.0741. The minimum atomic E-state index is -4.00. The van der Waals surface area contributed by atoms with Gasteiger partial charge in [0, 0.05) is 0 Å². The Hall–Kier alpha value is -2.26. The molecular weight excluding hydrogens is 408 g/mol. The van der Waals surface area contributed by atoms with Crippen molar-refractivity contribution in [3.05, 3.63) is 66.2 Å². The number of rotatable bonds is 10. The van der Waals surface area contributed by atoms with Crippen LogP contribution in [-0.4, -0.2) is 48.0 Å². The number of aliphatic hydroxyl groups excluding tert-OH is 2. The lowest BCUT2D eigenvalue weighted by molar-refractivity contribution is 0.0429. The first-order chi connectivity index (χ1) is 14.2. The van der Waals surface area contributed by atoms with E-state index in [0.717, 1.165) is 6.42 Å². The van der Waals surface area contributed by atoms with Crippen LogP contribution in [0.25, 0.3) is 0 Å². The molecular formula is C22H30O7S. The summed E-state index contributed by atoms with van der Waals surface area (Å²) in [5, 5.41) is 19.3. The molecule has 0 amide bonds. The van der Waals surface area contributed by atoms with E-state index in [1.165, 1.54) is 12.1 Å². The third-order valence-electron chi connectivity index (χ3n) is 4.13. The maximum absolute atomic E-state index is 11.6. The van der Waals surface area contributed by atoms with Gasteiger partial charge in [-0.15, -0.1) is 0 Å². The normalized spacial score (nSPS) is 12.9. The first kappa shape index (κ1) is 25.8. The molecule has 2 atom stereocenters. The van der Waals surface area contributed by atoms with Crippen LogP contribution in [0, 0.1) is 0 Å². The van der Waals surface area contributed by atoms with Crippen molar-refractivity contribution in [2.75, 3.05) is 6.61 Å². The lowest BCUT2D eigenvalue weighted by Gasteiger charge is -2.14. The second-order valence-electron chi connectivity index (χ2n) is 6.76. The lowest BCUT2D eigenvalue weighted by Crippen LogP contribution is -2.18. The van der Waals surface area contributed by atoms with Crippen LogP contribution in [0.1, 0.15) is 49.4 Å². The molecule has 0 radical (unpaired) electrons. The molecule has 0 saturated carbocycles. The third-order valence-corrected chi connectivity index (χ3v) is 5.00. The number of ether oxygens (including phenoxy) is 1. The largest absolute Gasteiger partial charge is 0.462 e. The number of carbonyl (C=O) groups is 1. The van der Waals surface area contributed by atoms with Gasteiger partial charge in [0.2, 0.25) is 0 Å². The fourth-order valence-electron chi connectivity index (χ4n) is 2.62. The summed E-state index contributed by atoms with van der Waals surface area (Å²) in [5.74, 6) is -0.342. The number of carbonyl (C=O) groups excluding carboxylic acids is 1. The molecule has 0 spiro atoms. The molecule has 2 aromatic carbocycles. The zero-order valence-electron chi connectivity index (χ0n) is 17.1. The average Bonchev–Trinajstić information content (AvgIpc) is 2.72. The maximum atomic E-state index is 11.6. The highest BCUT2D eigenvalue weighted by Crippen LogP contribution is 2.10. The van der Waals surface area contributed by atoms with Gasteiger partial charge in [-0.05, 0) is 49.9 Å². The molecule has 0 fully saturated rings. The Morgan fingerprint density at radius 1 is 0.933 bits per heavy atom. The van der Waals surface area contributed by atoms with E-state index in [0.29, 0.717) is 31.2 Å². The molecule has 0 aliphatic heterocycles. The molecule has 166 valence electrons. The van der Waals surface area contributed by atoms with Crippen LogP contribution in [-0.2, 0) is 14.9 Å². The molecule has 2 rings (SSSR count). The van der Waals surface area contributed by atoms with Crippen molar-refractivity contribution in [1.29, 1.82) is 0 Å². The Morgan fingerprint density at radius 3 is 1.97 bits per heavy atom. The summed E-state index contributed by atoms with van der Waals surface area (Å²) < 4.78 is 34.4. The molecule has 0 aliphatic rings. The summed E-state index contributed by atoms with van der Waals surface area (Å²) in [7, 11) is -4.00. The van der Waals surface area contributed by atoms with Gasteiger partial charge in [-0.1, -0.05) is 49.7 Å². The van der Waals surface area contributed by atoms with E-state index in [2.05, 4.69) is 0 Å². The van der Waals surface area contributed by atoms with E-state index in [9.17, 15) is 23.4 Å². The van der Waals surface area contributed by atoms with Gasteiger partial charge >= 0.3 is 5.97 Å². The molecule has 2 aromatic rings. The lowest BCUT2D eigenvalue weighted by atomic mass is 10.0. The van der Waals surface area contributed by atoms with Crippen LogP contribution in [0.4, 0.5) is 0 Å². The summed E-state index contributed by atoms with van der Waals surface area (Å²) in [6, 6.07) is 16.3. The third kappa shape index (κ3) is 11.1. The van der Waals surface area contributed by atoms with Gasteiger partial charge in [0.1, 0.15) is 0 Å².